The molecule has 0 aromatic heterocycles. The Morgan fingerprint density at radius 1 is 1.15 bits per heavy atom. The Bertz CT molecular complexity index is 906. The monoisotopic (exact) mass is 368 g/mol. The summed E-state index contributed by atoms with van der Waals surface area (Å²) in [6, 6.07) is 15.3. The largest absolute Gasteiger partial charge is 0.465 e. The van der Waals surface area contributed by atoms with E-state index in [0.29, 0.717) is 11.4 Å². The molecular formula is C19H16N2O4S. The molecule has 1 saturated heterocycles. The first-order valence-electron chi connectivity index (χ1n) is 7.80. The molecule has 2 N–H and O–H groups in total. The third-order valence-corrected chi connectivity index (χ3v) is 4.67. The van der Waals surface area contributed by atoms with E-state index in [4.69, 9.17) is 5.11 Å². The fraction of sp³-hybridized carbons (Fsp3) is 0.105. The summed E-state index contributed by atoms with van der Waals surface area (Å²) in [4.78, 5) is 35.3. The first kappa shape index (κ1) is 17.8. The summed E-state index contributed by atoms with van der Waals surface area (Å²) in [5.41, 5.74) is 3.68. The fourth-order valence-corrected chi connectivity index (χ4v) is 3.22. The van der Waals surface area contributed by atoms with Gasteiger partial charge in [0.2, 0.25) is 0 Å². The van der Waals surface area contributed by atoms with Crippen molar-refractivity contribution in [3.05, 3.63) is 64.6 Å². The van der Waals surface area contributed by atoms with E-state index in [2.05, 4.69) is 5.32 Å². The van der Waals surface area contributed by atoms with E-state index in [-0.39, 0.29) is 11.1 Å². The molecule has 6 nitrogen and oxygen atoms in total. The van der Waals surface area contributed by atoms with Crippen LogP contribution in [0.1, 0.15) is 11.1 Å². The number of nitrogens with zero attached hydrogens (tertiary/aromatic N) is 1. The van der Waals surface area contributed by atoms with Gasteiger partial charge in [0.1, 0.15) is 0 Å². The van der Waals surface area contributed by atoms with Gasteiger partial charge in [-0.3, -0.25) is 14.9 Å². The van der Waals surface area contributed by atoms with Crippen LogP contribution in [0.2, 0.25) is 0 Å². The maximum absolute atomic E-state index is 11.6. The highest BCUT2D eigenvalue weighted by atomic mass is 32.2. The van der Waals surface area contributed by atoms with Gasteiger partial charge in [-0.25, -0.2) is 4.79 Å². The van der Waals surface area contributed by atoms with Gasteiger partial charge in [-0.2, -0.15) is 0 Å². The van der Waals surface area contributed by atoms with Crippen LogP contribution in [0.4, 0.5) is 9.59 Å². The molecule has 2 aromatic carbocycles. The van der Waals surface area contributed by atoms with E-state index < -0.39 is 6.09 Å². The van der Waals surface area contributed by atoms with Crippen LogP contribution in [0.5, 0.6) is 0 Å². The van der Waals surface area contributed by atoms with Crippen LogP contribution in [0.25, 0.3) is 17.2 Å². The number of thioether (sulfide) groups is 1. The van der Waals surface area contributed by atoms with Crippen molar-refractivity contribution >= 4 is 35.1 Å². The predicted octanol–water partition coefficient (Wildman–Crippen LogP) is 3.79. The molecule has 7 heteroatoms. The first-order valence-corrected chi connectivity index (χ1v) is 8.62. The number of benzene rings is 2. The molecular weight excluding hydrogens is 352 g/mol. The Labute approximate surface area is 154 Å². The average molecular weight is 368 g/mol. The molecule has 3 rings (SSSR count). The zero-order valence-corrected chi connectivity index (χ0v) is 14.7. The van der Waals surface area contributed by atoms with Gasteiger partial charge in [-0.05, 0) is 46.2 Å². The third-order valence-electron chi connectivity index (χ3n) is 3.86. The van der Waals surface area contributed by atoms with Crippen molar-refractivity contribution in [1.82, 2.24) is 10.2 Å². The Morgan fingerprint density at radius 2 is 1.88 bits per heavy atom. The van der Waals surface area contributed by atoms with Crippen LogP contribution in [-0.2, 0) is 11.3 Å². The highest BCUT2D eigenvalue weighted by Gasteiger charge is 2.24. The number of amides is 3. The lowest BCUT2D eigenvalue weighted by atomic mass is 10.0. The Kier molecular flexibility index (Phi) is 5.09. The quantitative estimate of drug-likeness (QED) is 0.802. The lowest BCUT2D eigenvalue weighted by Crippen LogP contribution is -2.23. The fourth-order valence-electron chi connectivity index (χ4n) is 2.53. The van der Waals surface area contributed by atoms with Gasteiger partial charge in [0.05, 0.1) is 4.91 Å². The van der Waals surface area contributed by atoms with Crippen LogP contribution in [0.3, 0.4) is 0 Å². The number of nitrogens with one attached hydrogen (secondary N) is 1. The van der Waals surface area contributed by atoms with E-state index in [1.807, 2.05) is 48.5 Å². The second-order valence-corrected chi connectivity index (χ2v) is 6.83. The average Bonchev–Trinajstić information content (AvgIpc) is 2.93. The molecule has 1 fully saturated rings. The van der Waals surface area contributed by atoms with Crippen molar-refractivity contribution in [3.63, 3.8) is 0 Å². The smallest absolute Gasteiger partial charge is 0.407 e. The molecule has 26 heavy (non-hydrogen) atoms. The third kappa shape index (κ3) is 4.12. The predicted molar refractivity (Wildman–Crippen MR) is 100 cm³/mol. The molecule has 0 radical (unpaired) electrons. The van der Waals surface area contributed by atoms with Crippen molar-refractivity contribution in [3.8, 4) is 11.1 Å². The molecule has 1 heterocycles. The zero-order chi connectivity index (χ0) is 18.7. The molecule has 1 aliphatic heterocycles. The number of carboxylic acid groups (broad SMARTS) is 1. The summed E-state index contributed by atoms with van der Waals surface area (Å²) >= 11 is 0.888. The second kappa shape index (κ2) is 7.45. The second-order valence-electron chi connectivity index (χ2n) is 5.81. The van der Waals surface area contributed by atoms with Crippen LogP contribution in [0, 0.1) is 0 Å². The summed E-state index contributed by atoms with van der Waals surface area (Å²) in [6.45, 7) is 0.313. The normalized spacial score (nSPS) is 15.2. The van der Waals surface area contributed by atoms with Gasteiger partial charge in [-0.1, -0.05) is 42.5 Å². The highest BCUT2D eigenvalue weighted by Crippen LogP contribution is 2.27. The SMILES string of the molecule is CN(Cc1cccc(-c2ccc(C=C3SC(=O)NC3=O)cc2)c1)C(=O)O. The van der Waals surface area contributed by atoms with Crippen LogP contribution in [0.15, 0.2) is 53.4 Å². The number of carbonyl (C=O) groups is 3. The summed E-state index contributed by atoms with van der Waals surface area (Å²) < 4.78 is 0. The molecule has 1 aliphatic rings. The van der Waals surface area contributed by atoms with Gasteiger partial charge >= 0.3 is 6.09 Å². The number of imide groups is 1. The Morgan fingerprint density at radius 3 is 2.50 bits per heavy atom. The molecule has 0 aliphatic carbocycles. The summed E-state index contributed by atoms with van der Waals surface area (Å²) in [5.74, 6) is -0.376. The van der Waals surface area contributed by atoms with Gasteiger partial charge < -0.3 is 10.0 Å². The van der Waals surface area contributed by atoms with Gasteiger partial charge in [-0.15, -0.1) is 0 Å². The van der Waals surface area contributed by atoms with E-state index in [1.54, 1.807) is 6.08 Å². The molecule has 132 valence electrons. The number of carbonyl (C=O) groups excluding carboxylic acids is 2. The molecule has 3 amide bonds. The van der Waals surface area contributed by atoms with Crippen molar-refractivity contribution < 1.29 is 19.5 Å². The van der Waals surface area contributed by atoms with Crippen LogP contribution < -0.4 is 5.32 Å². The van der Waals surface area contributed by atoms with E-state index >= 15 is 0 Å². The summed E-state index contributed by atoms with van der Waals surface area (Å²) in [6.07, 6.45) is 0.701. The van der Waals surface area contributed by atoms with E-state index in [1.165, 1.54) is 11.9 Å². The lowest BCUT2D eigenvalue weighted by molar-refractivity contribution is -0.115. The summed E-state index contributed by atoms with van der Waals surface area (Å²) in [5, 5.41) is 10.8. The minimum atomic E-state index is -0.972. The van der Waals surface area contributed by atoms with E-state index in [9.17, 15) is 14.4 Å². The van der Waals surface area contributed by atoms with E-state index in [0.717, 1.165) is 34.0 Å². The van der Waals surface area contributed by atoms with Crippen molar-refractivity contribution in [1.29, 1.82) is 0 Å². The zero-order valence-electron chi connectivity index (χ0n) is 13.9. The molecule has 0 saturated carbocycles. The van der Waals surface area contributed by atoms with Gasteiger partial charge in [0.15, 0.2) is 0 Å². The van der Waals surface area contributed by atoms with Gasteiger partial charge in [0, 0.05) is 13.6 Å². The maximum atomic E-state index is 11.6. The maximum Gasteiger partial charge on any atom is 0.407 e. The van der Waals surface area contributed by atoms with Crippen molar-refractivity contribution in [2.45, 2.75) is 6.54 Å². The highest BCUT2D eigenvalue weighted by molar-refractivity contribution is 8.18. The van der Waals surface area contributed by atoms with Crippen molar-refractivity contribution in [2.24, 2.45) is 0 Å². The minimum absolute atomic E-state index is 0.313. The number of rotatable bonds is 4. The van der Waals surface area contributed by atoms with Crippen LogP contribution in [-0.4, -0.2) is 34.3 Å². The first-order chi connectivity index (χ1) is 12.4. The number of hydrogen-bond acceptors (Lipinski definition) is 4. The molecule has 0 bridgehead atoms. The lowest BCUT2D eigenvalue weighted by Gasteiger charge is -2.13. The molecule has 0 unspecified atom stereocenters. The number of hydrogen-bond donors (Lipinski definition) is 2. The van der Waals surface area contributed by atoms with Crippen molar-refractivity contribution in [2.75, 3.05) is 7.05 Å². The Balaban J connectivity index is 1.79. The Hall–Kier alpha value is -3.06. The molecule has 0 spiro atoms. The summed E-state index contributed by atoms with van der Waals surface area (Å²) in [7, 11) is 1.53. The van der Waals surface area contributed by atoms with Gasteiger partial charge in [0.25, 0.3) is 11.1 Å². The minimum Gasteiger partial charge on any atom is -0.465 e. The van der Waals surface area contributed by atoms with Crippen LogP contribution >= 0.6 is 11.8 Å². The molecule has 0 atom stereocenters. The molecule has 2 aromatic rings. The standard InChI is InChI=1S/C19H16N2O4S/c1-21(19(24)25)11-13-3-2-4-15(9-13)14-7-5-12(6-8-14)10-16-17(22)20-18(23)26-16/h2-10H,11H2,1H3,(H,24,25)(H,20,22,23). The topological polar surface area (TPSA) is 86.7 Å².